The molecule has 6 nitrogen and oxygen atoms in total. The van der Waals surface area contributed by atoms with Crippen LogP contribution in [0.15, 0.2) is 60.9 Å². The lowest BCUT2D eigenvalue weighted by Gasteiger charge is -2.31. The fraction of sp³-hybridized carbons (Fsp3) is 0.348. The SMILES string of the molecule is CC1CN(Cc2ccccc2)CCCN1c1ccnc2cccnc12.O=C(O)C(F)(F)F. The zero-order valence-electron chi connectivity index (χ0n) is 17.7. The van der Waals surface area contributed by atoms with Crippen LogP contribution in [0.1, 0.15) is 18.9 Å². The van der Waals surface area contributed by atoms with Gasteiger partial charge >= 0.3 is 12.1 Å². The van der Waals surface area contributed by atoms with E-state index in [1.54, 1.807) is 0 Å². The maximum atomic E-state index is 10.6. The molecule has 0 radical (unpaired) electrons. The van der Waals surface area contributed by atoms with Crippen LogP contribution in [-0.4, -0.2) is 57.8 Å². The highest BCUT2D eigenvalue weighted by molar-refractivity contribution is 5.87. The number of aromatic nitrogens is 2. The van der Waals surface area contributed by atoms with E-state index in [4.69, 9.17) is 9.90 Å². The Morgan fingerprint density at radius 2 is 1.78 bits per heavy atom. The third-order valence-corrected chi connectivity index (χ3v) is 5.20. The Bertz CT molecular complexity index is 1030. The van der Waals surface area contributed by atoms with Gasteiger partial charge in [0.2, 0.25) is 0 Å². The third-order valence-electron chi connectivity index (χ3n) is 5.20. The first kappa shape index (κ1) is 23.5. The number of benzene rings is 1. The van der Waals surface area contributed by atoms with E-state index in [0.29, 0.717) is 6.04 Å². The highest BCUT2D eigenvalue weighted by Crippen LogP contribution is 2.27. The number of rotatable bonds is 3. The smallest absolute Gasteiger partial charge is 0.475 e. The Hall–Kier alpha value is -3.20. The molecule has 4 rings (SSSR count). The van der Waals surface area contributed by atoms with Crippen LogP contribution in [-0.2, 0) is 11.3 Å². The number of carbonyl (C=O) groups is 1. The normalized spacial score (nSPS) is 17.4. The van der Waals surface area contributed by atoms with Crippen LogP contribution < -0.4 is 4.90 Å². The monoisotopic (exact) mass is 446 g/mol. The van der Waals surface area contributed by atoms with Crippen molar-refractivity contribution in [3.05, 3.63) is 66.5 Å². The lowest BCUT2D eigenvalue weighted by molar-refractivity contribution is -0.192. The summed E-state index contributed by atoms with van der Waals surface area (Å²) in [6.07, 6.45) is -0.162. The first-order valence-electron chi connectivity index (χ1n) is 10.3. The first-order valence-corrected chi connectivity index (χ1v) is 10.3. The zero-order valence-corrected chi connectivity index (χ0v) is 17.7. The molecular weight excluding hydrogens is 421 g/mol. The van der Waals surface area contributed by atoms with E-state index in [1.165, 1.54) is 11.3 Å². The van der Waals surface area contributed by atoms with Gasteiger partial charge in [0.25, 0.3) is 0 Å². The van der Waals surface area contributed by atoms with Gasteiger partial charge in [-0.15, -0.1) is 0 Å². The number of halogens is 3. The molecule has 0 amide bonds. The van der Waals surface area contributed by atoms with Crippen molar-refractivity contribution in [3.63, 3.8) is 0 Å². The summed E-state index contributed by atoms with van der Waals surface area (Å²) in [6, 6.07) is 17.3. The third kappa shape index (κ3) is 6.16. The molecule has 0 spiro atoms. The van der Waals surface area contributed by atoms with E-state index in [1.807, 2.05) is 24.5 Å². The number of hydrogen-bond donors (Lipinski definition) is 1. The van der Waals surface area contributed by atoms with Gasteiger partial charge in [0.05, 0.1) is 11.2 Å². The van der Waals surface area contributed by atoms with Gasteiger partial charge in [-0.25, -0.2) is 4.79 Å². The summed E-state index contributed by atoms with van der Waals surface area (Å²) in [5, 5.41) is 7.12. The van der Waals surface area contributed by atoms with Crippen molar-refractivity contribution < 1.29 is 23.1 Å². The molecule has 1 atom stereocenters. The van der Waals surface area contributed by atoms with Crippen molar-refractivity contribution in [2.75, 3.05) is 24.5 Å². The Morgan fingerprint density at radius 3 is 2.47 bits per heavy atom. The van der Waals surface area contributed by atoms with Crippen LogP contribution in [0.25, 0.3) is 11.0 Å². The number of carboxylic acid groups (broad SMARTS) is 1. The molecule has 170 valence electrons. The van der Waals surface area contributed by atoms with Gasteiger partial charge < -0.3 is 10.0 Å². The summed E-state index contributed by atoms with van der Waals surface area (Å²) in [5.74, 6) is -2.76. The van der Waals surface area contributed by atoms with Gasteiger partial charge in [0.1, 0.15) is 5.52 Å². The summed E-state index contributed by atoms with van der Waals surface area (Å²) in [6.45, 7) is 6.59. The first-order chi connectivity index (χ1) is 15.3. The second-order valence-electron chi connectivity index (χ2n) is 7.62. The number of fused-ring (bicyclic) bond motifs is 1. The van der Waals surface area contributed by atoms with Gasteiger partial charge in [-0.05, 0) is 37.1 Å². The van der Waals surface area contributed by atoms with E-state index < -0.39 is 12.1 Å². The maximum absolute atomic E-state index is 10.6. The van der Waals surface area contributed by atoms with Crippen molar-refractivity contribution in [2.24, 2.45) is 0 Å². The van der Waals surface area contributed by atoms with Crippen LogP contribution in [0.5, 0.6) is 0 Å². The highest BCUT2D eigenvalue weighted by Gasteiger charge is 2.38. The van der Waals surface area contributed by atoms with Crippen LogP contribution in [0.2, 0.25) is 0 Å². The minimum absolute atomic E-state index is 0.443. The molecule has 1 aromatic carbocycles. The minimum atomic E-state index is -5.08. The molecule has 1 saturated heterocycles. The van der Waals surface area contributed by atoms with Crippen molar-refractivity contribution in [2.45, 2.75) is 32.1 Å². The molecule has 1 N–H and O–H groups in total. The van der Waals surface area contributed by atoms with Crippen molar-refractivity contribution in [1.29, 1.82) is 0 Å². The lowest BCUT2D eigenvalue weighted by Crippen LogP contribution is -2.39. The van der Waals surface area contributed by atoms with Gasteiger partial charge in [0, 0.05) is 44.6 Å². The Balaban J connectivity index is 0.000000360. The zero-order chi connectivity index (χ0) is 23.1. The molecule has 0 aliphatic carbocycles. The van der Waals surface area contributed by atoms with E-state index in [0.717, 1.165) is 43.6 Å². The maximum Gasteiger partial charge on any atom is 0.490 e. The molecule has 1 unspecified atom stereocenters. The number of hydrogen-bond acceptors (Lipinski definition) is 5. The van der Waals surface area contributed by atoms with Crippen LogP contribution in [0, 0.1) is 0 Å². The number of aliphatic carboxylic acids is 1. The average molecular weight is 446 g/mol. The minimum Gasteiger partial charge on any atom is -0.475 e. The second-order valence-corrected chi connectivity index (χ2v) is 7.62. The highest BCUT2D eigenvalue weighted by atomic mass is 19.4. The van der Waals surface area contributed by atoms with E-state index >= 15 is 0 Å². The number of alkyl halides is 3. The van der Waals surface area contributed by atoms with Crippen LogP contribution in [0.3, 0.4) is 0 Å². The summed E-state index contributed by atoms with van der Waals surface area (Å²) < 4.78 is 31.7. The van der Waals surface area contributed by atoms with Crippen molar-refractivity contribution in [1.82, 2.24) is 14.9 Å². The number of pyridine rings is 2. The predicted molar refractivity (Wildman–Crippen MR) is 116 cm³/mol. The molecule has 32 heavy (non-hydrogen) atoms. The standard InChI is InChI=1S/C21H24N4.C2HF3O2/c1-17-15-24(16-18-7-3-2-4-8-18)13-6-14-25(17)20-10-12-22-19-9-5-11-23-21(19)20;3-2(4,5)1(6)7/h2-5,7-12,17H,6,13-16H2,1H3;(H,6,7). The second kappa shape index (κ2) is 10.4. The van der Waals surface area contributed by atoms with Gasteiger partial charge in [-0.2, -0.15) is 13.2 Å². The summed E-state index contributed by atoms with van der Waals surface area (Å²) in [5.41, 5.74) is 4.57. The fourth-order valence-electron chi connectivity index (χ4n) is 3.79. The van der Waals surface area contributed by atoms with Crippen molar-refractivity contribution in [3.8, 4) is 0 Å². The Kier molecular flexibility index (Phi) is 7.63. The molecule has 1 fully saturated rings. The molecule has 1 aliphatic rings. The van der Waals surface area contributed by atoms with Crippen LogP contribution >= 0.6 is 0 Å². The topological polar surface area (TPSA) is 69.6 Å². The van der Waals surface area contributed by atoms with Crippen LogP contribution in [0.4, 0.5) is 18.9 Å². The molecule has 2 aromatic heterocycles. The molecule has 1 aliphatic heterocycles. The van der Waals surface area contributed by atoms with E-state index in [9.17, 15) is 13.2 Å². The average Bonchev–Trinajstić information content (AvgIpc) is 2.94. The van der Waals surface area contributed by atoms with E-state index in [-0.39, 0.29) is 0 Å². The van der Waals surface area contributed by atoms with Gasteiger partial charge in [-0.1, -0.05) is 30.3 Å². The number of anilines is 1. The Labute approximate surface area is 184 Å². The fourth-order valence-corrected chi connectivity index (χ4v) is 3.79. The van der Waals surface area contributed by atoms with Gasteiger partial charge in [0.15, 0.2) is 0 Å². The summed E-state index contributed by atoms with van der Waals surface area (Å²) >= 11 is 0. The van der Waals surface area contributed by atoms with Crippen molar-refractivity contribution >= 4 is 22.7 Å². The predicted octanol–water partition coefficient (Wildman–Crippen LogP) is 4.36. The quantitative estimate of drug-likeness (QED) is 0.645. The molecule has 0 bridgehead atoms. The number of nitrogens with zero attached hydrogens (tertiary/aromatic N) is 4. The summed E-state index contributed by atoms with van der Waals surface area (Å²) in [4.78, 5) is 23.0. The Morgan fingerprint density at radius 1 is 1.06 bits per heavy atom. The molecule has 3 aromatic rings. The molecule has 9 heteroatoms. The molecular formula is C23H25F3N4O2. The lowest BCUT2D eigenvalue weighted by atomic mass is 10.2. The number of carboxylic acids is 1. The van der Waals surface area contributed by atoms with E-state index in [2.05, 4.69) is 63.1 Å². The molecule has 3 heterocycles. The largest absolute Gasteiger partial charge is 0.490 e. The molecule has 0 saturated carbocycles. The van der Waals surface area contributed by atoms with Gasteiger partial charge in [-0.3, -0.25) is 14.9 Å². The summed E-state index contributed by atoms with van der Waals surface area (Å²) in [7, 11) is 0.